The van der Waals surface area contributed by atoms with Crippen LogP contribution in [-0.2, 0) is 4.74 Å². The van der Waals surface area contributed by atoms with E-state index >= 15 is 0 Å². The van der Waals surface area contributed by atoms with Crippen LogP contribution in [0.4, 0.5) is 5.95 Å². The van der Waals surface area contributed by atoms with Crippen LogP contribution in [0.25, 0.3) is 11.1 Å². The van der Waals surface area contributed by atoms with Crippen LogP contribution in [0.3, 0.4) is 0 Å². The van der Waals surface area contributed by atoms with E-state index in [1.807, 2.05) is 0 Å². The Morgan fingerprint density at radius 3 is 2.33 bits per heavy atom. The molecule has 0 saturated carbocycles. The largest absolute Gasteiger partial charge is 0.506 e. The Balaban J connectivity index is 1.81. The number of aromatic nitrogens is 3. The van der Waals surface area contributed by atoms with Crippen molar-refractivity contribution in [1.82, 2.24) is 15.0 Å². The zero-order valence-corrected chi connectivity index (χ0v) is 12.1. The zero-order valence-electron chi connectivity index (χ0n) is 12.1. The highest BCUT2D eigenvalue weighted by atomic mass is 16.5. The Labute approximate surface area is 123 Å². The van der Waals surface area contributed by atoms with Crippen molar-refractivity contribution in [2.45, 2.75) is 26.1 Å². The van der Waals surface area contributed by atoms with Crippen LogP contribution in [0, 0.1) is 0 Å². The van der Waals surface area contributed by atoms with Crippen molar-refractivity contribution in [3.63, 3.8) is 0 Å². The van der Waals surface area contributed by atoms with E-state index in [9.17, 15) is 5.11 Å². The average molecular weight is 286 g/mol. The molecule has 0 amide bonds. The summed E-state index contributed by atoms with van der Waals surface area (Å²) in [7, 11) is 0. The second-order valence-corrected chi connectivity index (χ2v) is 5.37. The maximum Gasteiger partial charge on any atom is 0.225 e. The van der Waals surface area contributed by atoms with Gasteiger partial charge >= 0.3 is 0 Å². The van der Waals surface area contributed by atoms with E-state index in [1.165, 1.54) is 6.20 Å². The molecular weight excluding hydrogens is 268 g/mol. The van der Waals surface area contributed by atoms with Crippen molar-refractivity contribution in [3.05, 3.63) is 30.9 Å². The van der Waals surface area contributed by atoms with Gasteiger partial charge in [0.05, 0.1) is 18.4 Å². The number of anilines is 1. The van der Waals surface area contributed by atoms with Crippen LogP contribution in [-0.4, -0.2) is 45.4 Å². The predicted molar refractivity (Wildman–Crippen MR) is 79.1 cm³/mol. The molecule has 0 aliphatic carbocycles. The van der Waals surface area contributed by atoms with Crippen molar-refractivity contribution in [2.24, 2.45) is 0 Å². The third-order valence-corrected chi connectivity index (χ3v) is 3.40. The predicted octanol–water partition coefficient (Wildman–Crippen LogP) is 1.86. The minimum Gasteiger partial charge on any atom is -0.506 e. The highest BCUT2D eigenvalue weighted by Crippen LogP contribution is 2.22. The molecule has 6 nitrogen and oxygen atoms in total. The lowest BCUT2D eigenvalue weighted by atomic mass is 10.1. The molecule has 1 N–H and O–H groups in total. The number of aromatic hydroxyl groups is 1. The first-order valence-electron chi connectivity index (χ1n) is 6.98. The Kier molecular flexibility index (Phi) is 3.70. The van der Waals surface area contributed by atoms with Crippen LogP contribution in [0.15, 0.2) is 30.9 Å². The van der Waals surface area contributed by atoms with Crippen molar-refractivity contribution < 1.29 is 9.84 Å². The molecule has 1 aliphatic heterocycles. The van der Waals surface area contributed by atoms with Gasteiger partial charge in [-0.25, -0.2) is 9.97 Å². The molecular formula is C15H18N4O2. The van der Waals surface area contributed by atoms with E-state index in [2.05, 4.69) is 33.7 Å². The molecule has 0 bridgehead atoms. The van der Waals surface area contributed by atoms with Crippen molar-refractivity contribution in [3.8, 4) is 16.9 Å². The maximum absolute atomic E-state index is 9.47. The summed E-state index contributed by atoms with van der Waals surface area (Å²) in [6.45, 7) is 5.68. The standard InChI is InChI=1S/C15H18N4O2/c1-10-8-19(9-11(2)21-10)15-17-5-13(6-18-15)12-3-14(20)7-16-4-12/h3-7,10-11,20H,8-9H2,1-2H3. The fraction of sp³-hybridized carbons (Fsp3) is 0.400. The molecule has 3 heterocycles. The number of nitrogens with zero attached hydrogens (tertiary/aromatic N) is 4. The van der Waals surface area contributed by atoms with Crippen LogP contribution in [0.2, 0.25) is 0 Å². The lowest BCUT2D eigenvalue weighted by molar-refractivity contribution is -0.00571. The van der Waals surface area contributed by atoms with Gasteiger partial charge in [0.15, 0.2) is 0 Å². The molecule has 0 radical (unpaired) electrons. The van der Waals surface area contributed by atoms with Gasteiger partial charge in [-0.15, -0.1) is 0 Å². The Bertz CT molecular complexity index is 607. The van der Waals surface area contributed by atoms with Gasteiger partial charge in [0.1, 0.15) is 5.75 Å². The van der Waals surface area contributed by atoms with Crippen LogP contribution in [0.5, 0.6) is 5.75 Å². The number of rotatable bonds is 2. The first-order chi connectivity index (χ1) is 10.1. The molecule has 6 heteroatoms. The van der Waals surface area contributed by atoms with Gasteiger partial charge in [0.2, 0.25) is 5.95 Å². The number of ether oxygens (including phenoxy) is 1. The number of morpholine rings is 1. The minimum absolute atomic E-state index is 0.132. The monoisotopic (exact) mass is 286 g/mol. The fourth-order valence-corrected chi connectivity index (χ4v) is 2.56. The maximum atomic E-state index is 9.47. The molecule has 2 unspecified atom stereocenters. The fourth-order valence-electron chi connectivity index (χ4n) is 2.56. The molecule has 1 fully saturated rings. The van der Waals surface area contributed by atoms with Crippen molar-refractivity contribution in [1.29, 1.82) is 0 Å². The van der Waals surface area contributed by atoms with Crippen LogP contribution in [0.1, 0.15) is 13.8 Å². The van der Waals surface area contributed by atoms with E-state index < -0.39 is 0 Å². The summed E-state index contributed by atoms with van der Waals surface area (Å²) >= 11 is 0. The van der Waals surface area contributed by atoms with Gasteiger partial charge in [0.25, 0.3) is 0 Å². The van der Waals surface area contributed by atoms with Crippen LogP contribution < -0.4 is 4.90 Å². The molecule has 2 atom stereocenters. The normalized spacial score (nSPS) is 22.3. The molecule has 1 saturated heterocycles. The third kappa shape index (κ3) is 3.11. The van der Waals surface area contributed by atoms with E-state index in [0.29, 0.717) is 5.95 Å². The van der Waals surface area contributed by atoms with Crippen molar-refractivity contribution >= 4 is 5.95 Å². The number of hydrogen-bond acceptors (Lipinski definition) is 6. The smallest absolute Gasteiger partial charge is 0.225 e. The molecule has 0 spiro atoms. The van der Waals surface area contributed by atoms with E-state index in [4.69, 9.17) is 4.74 Å². The first kappa shape index (κ1) is 13.8. The first-order valence-corrected chi connectivity index (χ1v) is 6.98. The van der Waals surface area contributed by atoms with Gasteiger partial charge < -0.3 is 14.7 Å². The molecule has 110 valence electrons. The molecule has 0 aromatic carbocycles. The topological polar surface area (TPSA) is 71.4 Å². The Hall–Kier alpha value is -2.21. The van der Waals surface area contributed by atoms with Gasteiger partial charge in [-0.1, -0.05) is 0 Å². The van der Waals surface area contributed by atoms with E-state index in [1.54, 1.807) is 24.7 Å². The zero-order chi connectivity index (χ0) is 14.8. The van der Waals surface area contributed by atoms with Crippen LogP contribution >= 0.6 is 0 Å². The molecule has 21 heavy (non-hydrogen) atoms. The van der Waals surface area contributed by atoms with Gasteiger partial charge in [-0.2, -0.15) is 0 Å². The Morgan fingerprint density at radius 2 is 1.71 bits per heavy atom. The SMILES string of the molecule is CC1CN(c2ncc(-c3cncc(O)c3)cn2)CC(C)O1. The lowest BCUT2D eigenvalue weighted by Gasteiger charge is -2.35. The second-order valence-electron chi connectivity index (χ2n) is 5.37. The Morgan fingerprint density at radius 1 is 1.05 bits per heavy atom. The molecule has 2 aromatic heterocycles. The number of pyridine rings is 1. The number of hydrogen-bond donors (Lipinski definition) is 1. The van der Waals surface area contributed by atoms with E-state index in [0.717, 1.165) is 24.2 Å². The third-order valence-electron chi connectivity index (χ3n) is 3.40. The molecule has 1 aliphatic rings. The molecule has 2 aromatic rings. The average Bonchev–Trinajstić information content (AvgIpc) is 2.46. The van der Waals surface area contributed by atoms with E-state index in [-0.39, 0.29) is 18.0 Å². The highest BCUT2D eigenvalue weighted by Gasteiger charge is 2.23. The van der Waals surface area contributed by atoms with Gasteiger partial charge in [-0.3, -0.25) is 4.98 Å². The summed E-state index contributed by atoms with van der Waals surface area (Å²) in [5.74, 6) is 0.835. The van der Waals surface area contributed by atoms with Gasteiger partial charge in [-0.05, 0) is 19.9 Å². The lowest BCUT2D eigenvalue weighted by Crippen LogP contribution is -2.46. The summed E-state index contributed by atoms with van der Waals surface area (Å²) in [4.78, 5) is 14.9. The van der Waals surface area contributed by atoms with Gasteiger partial charge in [0, 0.05) is 42.8 Å². The summed E-state index contributed by atoms with van der Waals surface area (Å²) in [5, 5.41) is 9.47. The minimum atomic E-state index is 0.132. The van der Waals surface area contributed by atoms with Crippen molar-refractivity contribution in [2.75, 3.05) is 18.0 Å². The summed E-state index contributed by atoms with van der Waals surface area (Å²) < 4.78 is 5.71. The summed E-state index contributed by atoms with van der Waals surface area (Å²) in [6, 6.07) is 1.64. The highest BCUT2D eigenvalue weighted by molar-refractivity contribution is 5.62. The second kappa shape index (κ2) is 5.65. The summed E-state index contributed by atoms with van der Waals surface area (Å²) in [6.07, 6.45) is 6.93. The molecule has 3 rings (SSSR count). The quantitative estimate of drug-likeness (QED) is 0.908. The summed E-state index contributed by atoms with van der Waals surface area (Å²) in [5.41, 5.74) is 1.63.